The molecule has 0 aromatic heterocycles. The van der Waals surface area contributed by atoms with Crippen molar-refractivity contribution in [2.24, 2.45) is 5.73 Å². The van der Waals surface area contributed by atoms with Crippen LogP contribution in [0.5, 0.6) is 0 Å². The van der Waals surface area contributed by atoms with Gasteiger partial charge in [-0.1, -0.05) is 0 Å². The Labute approximate surface area is 524 Å². The van der Waals surface area contributed by atoms with E-state index in [4.69, 9.17) is 5.73 Å². The molecule has 0 saturated heterocycles. The molecule has 0 spiro atoms. The number of nitrogens with one attached hydrogen (secondary N) is 9. The third kappa shape index (κ3) is 34.8. The van der Waals surface area contributed by atoms with E-state index in [-0.39, 0.29) is 51.4 Å². The summed E-state index contributed by atoms with van der Waals surface area (Å²) < 4.78 is 0. The zero-order chi connectivity index (χ0) is 61.1. The maximum Gasteiger partial charge on any atom is 0.326 e. The fourth-order valence-corrected chi connectivity index (χ4v) is 12.1. The van der Waals surface area contributed by atoms with Crippen molar-refractivity contribution >= 4 is 177 Å². The van der Waals surface area contributed by atoms with E-state index in [1.807, 2.05) is 62.6 Å². The first kappa shape index (κ1) is 79.2. The minimum Gasteiger partial charge on any atom is -0.480 e. The molecule has 0 aromatic carbocycles. The molecule has 0 unspecified atom stereocenters. The van der Waals surface area contributed by atoms with Crippen molar-refractivity contribution in [3.8, 4) is 0 Å². The van der Waals surface area contributed by atoms with Gasteiger partial charge >= 0.3 is 5.97 Å². The van der Waals surface area contributed by atoms with E-state index >= 15 is 0 Å². The summed E-state index contributed by atoms with van der Waals surface area (Å²) >= 11 is 14.6. The van der Waals surface area contributed by atoms with Crippen LogP contribution in [0.1, 0.15) is 64.2 Å². The van der Waals surface area contributed by atoms with Crippen LogP contribution in [0, 0.1) is 0 Å². The number of carboxylic acids is 1. The zero-order valence-corrected chi connectivity index (χ0v) is 56.8. The minimum absolute atomic E-state index is 0.152. The smallest absolute Gasteiger partial charge is 0.326 e. The van der Waals surface area contributed by atoms with Gasteiger partial charge in [-0.25, -0.2) is 4.79 Å². The summed E-state index contributed by atoms with van der Waals surface area (Å²) in [6.07, 6.45) is 20.6. The predicted molar refractivity (Wildman–Crippen MR) is 353 cm³/mol. The van der Waals surface area contributed by atoms with Crippen molar-refractivity contribution in [3.05, 3.63) is 0 Å². The zero-order valence-electron chi connectivity index (χ0n) is 48.6. The molecule has 31 heteroatoms. The van der Waals surface area contributed by atoms with Crippen molar-refractivity contribution in [1.29, 1.82) is 0 Å². The van der Waals surface area contributed by atoms with Gasteiger partial charge in [-0.15, -0.1) is 0 Å². The number of carbonyl (C=O) groups excluding carboxylic acids is 9. The van der Waals surface area contributed by atoms with Crippen molar-refractivity contribution in [1.82, 2.24) is 47.9 Å². The Hall–Kier alpha value is -1.84. The maximum atomic E-state index is 14.3. The molecule has 0 aliphatic heterocycles. The molecular formula is C50H92N10O11S10. The SMILES string of the molecule is CSCC[C@H](NC(=O)[C@H](CCSC)NC(=O)[C@H](CCSC)NC(=O)[C@H](CCSC)NC(=O)[C@H](CCSC)NC(=O)[C@H](CCSC)NC(=O)[C@H](CCSC)NC(=O)[C@H](CCSC)NC(=O)[C@H](CCSC)NC(=O)[C@@H](N)CCSC)C(=O)O. The number of carbonyl (C=O) groups is 10. The minimum atomic E-state index is -1.20. The molecule has 0 aromatic rings. The molecule has 9 amide bonds. The second-order valence-electron chi connectivity index (χ2n) is 18.3. The highest BCUT2D eigenvalue weighted by molar-refractivity contribution is 8.00. The highest BCUT2D eigenvalue weighted by Crippen LogP contribution is 2.13. The van der Waals surface area contributed by atoms with Crippen LogP contribution in [-0.4, -0.2) is 245 Å². The second kappa shape index (κ2) is 49.3. The molecule has 21 nitrogen and oxygen atoms in total. The number of hydrogen-bond acceptors (Lipinski definition) is 21. The summed E-state index contributed by atoms with van der Waals surface area (Å²) in [7, 11) is 0. The summed E-state index contributed by atoms with van der Waals surface area (Å²) in [5, 5.41) is 34.7. The molecule has 0 aliphatic carbocycles. The number of thioether (sulfide) groups is 10. The number of rotatable bonds is 49. The standard InChI is InChI=1S/C50H92N10O11S10/c1-72-21-11-31(51)41(61)52-32(12-22-73-2)42(62)53-33(13-23-74-3)43(63)54-34(14-24-75-4)44(64)55-35(15-25-76-5)45(65)56-36(16-26-77-6)46(66)57-37(17-27-78-7)47(67)58-38(18-28-79-8)48(68)59-39(19-29-80-9)49(69)60-40(50(70)71)20-30-81-10/h31-40H,11-30,51H2,1-10H3,(H,52,61)(H,53,62)(H,54,63)(H,55,64)(H,56,65)(H,57,66)(H,58,67)(H,59,68)(H,60,69)(H,70,71)/t31-,32-,33-,34-,35-,36-,37-,38-,39-,40-/m0/s1. The first-order valence-electron chi connectivity index (χ1n) is 26.4. The Balaban J connectivity index is 6.69. The van der Waals surface area contributed by atoms with Crippen LogP contribution < -0.4 is 53.6 Å². The average Bonchev–Trinajstić information content (AvgIpc) is 3.46. The van der Waals surface area contributed by atoms with E-state index in [2.05, 4.69) is 47.9 Å². The first-order chi connectivity index (χ1) is 38.8. The quantitative estimate of drug-likeness (QED) is 0.0416. The number of hydrogen-bond donors (Lipinski definition) is 11. The van der Waals surface area contributed by atoms with Crippen LogP contribution in [0.2, 0.25) is 0 Å². The third-order valence-electron chi connectivity index (χ3n) is 12.1. The lowest BCUT2D eigenvalue weighted by Crippen LogP contribution is -2.61. The van der Waals surface area contributed by atoms with Gasteiger partial charge in [-0.05, 0) is 184 Å². The van der Waals surface area contributed by atoms with Crippen LogP contribution >= 0.6 is 118 Å². The molecular weight excluding hydrogens is 1240 g/mol. The highest BCUT2D eigenvalue weighted by atomic mass is 32.2. The predicted octanol–water partition coefficient (Wildman–Crippen LogP) is 2.29. The van der Waals surface area contributed by atoms with E-state index < -0.39 is 120 Å². The average molecular weight is 1330 g/mol. The topological polar surface area (TPSA) is 325 Å². The monoisotopic (exact) mass is 1330 g/mol. The molecule has 0 rings (SSSR count). The lowest BCUT2D eigenvalue weighted by molar-refractivity contribution is -0.142. The van der Waals surface area contributed by atoms with E-state index in [1.54, 1.807) is 11.8 Å². The number of aliphatic carboxylic acids is 1. The first-order valence-corrected chi connectivity index (χ1v) is 40.3. The summed E-state index contributed by atoms with van der Waals surface area (Å²) in [6, 6.07) is -10.8. The largest absolute Gasteiger partial charge is 0.480 e. The van der Waals surface area contributed by atoms with Crippen LogP contribution in [0.3, 0.4) is 0 Å². The fraction of sp³-hybridized carbons (Fsp3) is 0.800. The maximum absolute atomic E-state index is 14.3. The van der Waals surface area contributed by atoms with Gasteiger partial charge in [0, 0.05) is 0 Å². The number of carboxylic acid groups (broad SMARTS) is 1. The Morgan fingerprint density at radius 2 is 0.395 bits per heavy atom. The van der Waals surface area contributed by atoms with E-state index in [1.165, 1.54) is 106 Å². The lowest BCUT2D eigenvalue weighted by atomic mass is 10.1. The summed E-state index contributed by atoms with van der Waals surface area (Å²) in [5.74, 6) is -1.92. The summed E-state index contributed by atoms with van der Waals surface area (Å²) in [4.78, 5) is 138. The van der Waals surface area contributed by atoms with Gasteiger partial charge in [0.15, 0.2) is 0 Å². The third-order valence-corrected chi connectivity index (χ3v) is 18.6. The molecule has 0 aliphatic rings. The molecule has 0 radical (unpaired) electrons. The Bertz CT molecular complexity index is 1900. The van der Waals surface area contributed by atoms with E-state index in [0.717, 1.165) is 0 Å². The molecule has 12 N–H and O–H groups in total. The fourth-order valence-electron chi connectivity index (χ4n) is 7.36. The van der Waals surface area contributed by atoms with Crippen molar-refractivity contribution < 1.29 is 53.1 Å². The van der Waals surface area contributed by atoms with Gasteiger partial charge in [0.1, 0.15) is 54.4 Å². The van der Waals surface area contributed by atoms with Gasteiger partial charge in [-0.2, -0.15) is 118 Å². The van der Waals surface area contributed by atoms with Gasteiger partial charge in [0.25, 0.3) is 0 Å². The van der Waals surface area contributed by atoms with E-state index in [9.17, 15) is 53.1 Å². The Morgan fingerprint density at radius 3 is 0.556 bits per heavy atom. The lowest BCUT2D eigenvalue weighted by Gasteiger charge is -2.28. The highest BCUT2D eigenvalue weighted by Gasteiger charge is 2.35. The molecule has 0 bridgehead atoms. The molecule has 0 fully saturated rings. The molecule has 468 valence electrons. The van der Waals surface area contributed by atoms with Crippen LogP contribution in [0.4, 0.5) is 0 Å². The summed E-state index contributed by atoms with van der Waals surface area (Å²) in [6.45, 7) is 0. The molecule has 0 heterocycles. The van der Waals surface area contributed by atoms with Crippen molar-refractivity contribution in [2.45, 2.75) is 125 Å². The normalized spacial score (nSPS) is 14.9. The van der Waals surface area contributed by atoms with Crippen LogP contribution in [0.15, 0.2) is 0 Å². The van der Waals surface area contributed by atoms with Gasteiger partial charge < -0.3 is 58.7 Å². The van der Waals surface area contributed by atoms with Crippen LogP contribution in [0.25, 0.3) is 0 Å². The van der Waals surface area contributed by atoms with Gasteiger partial charge in [0.2, 0.25) is 53.2 Å². The Kier molecular flexibility index (Phi) is 48.2. The molecule has 81 heavy (non-hydrogen) atoms. The Morgan fingerprint density at radius 1 is 0.259 bits per heavy atom. The van der Waals surface area contributed by atoms with Crippen LogP contribution in [-0.2, 0) is 47.9 Å². The summed E-state index contributed by atoms with van der Waals surface area (Å²) in [5.41, 5.74) is 6.12. The van der Waals surface area contributed by atoms with E-state index in [0.29, 0.717) is 70.4 Å². The molecule has 10 atom stereocenters. The second-order valence-corrected chi connectivity index (χ2v) is 28.2. The van der Waals surface area contributed by atoms with Crippen molar-refractivity contribution in [3.63, 3.8) is 0 Å². The molecule has 0 saturated carbocycles. The van der Waals surface area contributed by atoms with Crippen molar-refractivity contribution in [2.75, 3.05) is 120 Å². The van der Waals surface area contributed by atoms with Gasteiger partial charge in [-0.3, -0.25) is 43.2 Å². The van der Waals surface area contributed by atoms with Gasteiger partial charge in [0.05, 0.1) is 6.04 Å². The number of amides is 9. The number of nitrogens with two attached hydrogens (primary N) is 1.